The Kier molecular flexibility index (Phi) is 19.7. The van der Waals surface area contributed by atoms with Gasteiger partial charge in [-0.25, -0.2) is 0 Å². The molecule has 2 saturated heterocycles. The number of ether oxygens (including phenoxy) is 2. The third-order valence-corrected chi connectivity index (χ3v) is 10.5. The highest BCUT2D eigenvalue weighted by molar-refractivity contribution is 5.92. The van der Waals surface area contributed by atoms with Gasteiger partial charge in [-0.05, 0) is 102 Å². The van der Waals surface area contributed by atoms with Gasteiger partial charge in [0.25, 0.3) is 0 Å². The van der Waals surface area contributed by atoms with Gasteiger partial charge in [-0.1, -0.05) is 58.1 Å². The molecule has 0 aromatic heterocycles. The Balaban J connectivity index is 1.70. The number of rotatable bonds is 21. The van der Waals surface area contributed by atoms with Crippen LogP contribution >= 0.6 is 0 Å². The molecule has 1 spiro atoms. The zero-order chi connectivity index (χ0) is 37.3. The molecule has 0 saturated carbocycles. The van der Waals surface area contributed by atoms with Crippen LogP contribution in [0.5, 0.6) is 0 Å². The number of ketones is 1. The zero-order valence-electron chi connectivity index (χ0n) is 31.9. The van der Waals surface area contributed by atoms with E-state index in [1.807, 2.05) is 32.9 Å². The van der Waals surface area contributed by atoms with Crippen LogP contribution in [0.3, 0.4) is 0 Å². The molecule has 5 N–H and O–H groups in total. The van der Waals surface area contributed by atoms with E-state index in [0.717, 1.165) is 63.4 Å². The fraction of sp³-hybridized carbons (Fsp3) is 0.775. The molecular weight excluding hydrogens is 636 g/mol. The average Bonchev–Trinajstić information content (AvgIpc) is 3.07. The van der Waals surface area contributed by atoms with Crippen LogP contribution in [0, 0.1) is 23.7 Å². The van der Waals surface area contributed by atoms with Gasteiger partial charge in [-0.2, -0.15) is 0 Å². The molecular formula is C40H68N2O8. The maximum Gasteiger partial charge on any atom is 0.225 e. The monoisotopic (exact) mass is 704 g/mol. The van der Waals surface area contributed by atoms with E-state index < -0.39 is 30.0 Å². The normalized spacial score (nSPS) is 26.8. The van der Waals surface area contributed by atoms with E-state index in [4.69, 9.17) is 9.47 Å². The summed E-state index contributed by atoms with van der Waals surface area (Å²) in [4.78, 5) is 36.8. The molecule has 2 heterocycles. The molecule has 2 fully saturated rings. The van der Waals surface area contributed by atoms with E-state index >= 15 is 0 Å². The number of nitrogens with one attached hydrogen (secondary N) is 2. The Morgan fingerprint density at radius 2 is 1.66 bits per heavy atom. The first kappa shape index (κ1) is 43.8. The summed E-state index contributed by atoms with van der Waals surface area (Å²) in [7, 11) is 0. The minimum absolute atomic E-state index is 0.0444. The summed E-state index contributed by atoms with van der Waals surface area (Å²) in [5.74, 6) is -1.24. The van der Waals surface area contributed by atoms with Crippen LogP contribution in [-0.4, -0.2) is 82.3 Å². The average molecular weight is 705 g/mol. The quantitative estimate of drug-likeness (QED) is 0.0581. The van der Waals surface area contributed by atoms with Crippen molar-refractivity contribution >= 4 is 17.6 Å². The summed E-state index contributed by atoms with van der Waals surface area (Å²) in [6, 6.07) is 0. The van der Waals surface area contributed by atoms with E-state index in [9.17, 15) is 29.7 Å². The summed E-state index contributed by atoms with van der Waals surface area (Å²) in [5.41, 5.74) is 0.814. The van der Waals surface area contributed by atoms with Crippen molar-refractivity contribution in [3.8, 4) is 0 Å². The van der Waals surface area contributed by atoms with E-state index in [0.29, 0.717) is 31.2 Å². The second kappa shape index (κ2) is 22.5. The van der Waals surface area contributed by atoms with Gasteiger partial charge in [0.1, 0.15) is 0 Å². The van der Waals surface area contributed by atoms with Crippen molar-refractivity contribution in [3.05, 3.63) is 36.0 Å². The lowest BCUT2D eigenvalue weighted by Crippen LogP contribution is -2.50. The summed E-state index contributed by atoms with van der Waals surface area (Å²) in [6.45, 7) is 13.6. The van der Waals surface area contributed by atoms with Gasteiger partial charge in [-0.15, -0.1) is 0 Å². The molecule has 10 atom stereocenters. The van der Waals surface area contributed by atoms with E-state index in [2.05, 4.69) is 30.6 Å². The Morgan fingerprint density at radius 1 is 0.940 bits per heavy atom. The van der Waals surface area contributed by atoms with Gasteiger partial charge >= 0.3 is 0 Å². The SMILES string of the molecule is C/C=C\[C@H](O)C/C=C/C[C@H](C)[C@@H](O)CC(=O)NC[C@H](O)[C@H](C)C(=O)NCCC[C@H]1O[C@@]2(CCC[C@@H](CC[C@H](C)/C=C(\C)C(C)=O)O2)CC[C@@H]1C. The number of aliphatic hydroxyl groups is 3. The Morgan fingerprint density at radius 3 is 2.36 bits per heavy atom. The van der Waals surface area contributed by atoms with Crippen LogP contribution in [0.1, 0.15) is 126 Å². The number of Topliss-reactive ketones (excluding diaryl/α,β-unsaturated/α-hetero) is 1. The molecule has 2 aliphatic rings. The van der Waals surface area contributed by atoms with Crippen molar-refractivity contribution in [1.29, 1.82) is 0 Å². The maximum absolute atomic E-state index is 12.8. The Bertz CT molecular complexity index is 1140. The summed E-state index contributed by atoms with van der Waals surface area (Å²) >= 11 is 0. The van der Waals surface area contributed by atoms with Gasteiger partial charge in [0.2, 0.25) is 11.8 Å². The summed E-state index contributed by atoms with van der Waals surface area (Å²) in [5, 5.41) is 36.3. The second-order valence-corrected chi connectivity index (χ2v) is 15.1. The predicted octanol–water partition coefficient (Wildman–Crippen LogP) is 5.69. The topological polar surface area (TPSA) is 154 Å². The molecule has 0 bridgehead atoms. The Labute approximate surface area is 301 Å². The van der Waals surface area contributed by atoms with Gasteiger partial charge < -0.3 is 35.4 Å². The van der Waals surface area contributed by atoms with Crippen LogP contribution in [0.25, 0.3) is 0 Å². The number of carbonyl (C=O) groups is 3. The van der Waals surface area contributed by atoms with Gasteiger partial charge in [0.15, 0.2) is 11.6 Å². The van der Waals surface area contributed by atoms with Crippen LogP contribution in [-0.2, 0) is 23.9 Å². The molecule has 0 radical (unpaired) electrons. The molecule has 2 amide bonds. The fourth-order valence-electron chi connectivity index (χ4n) is 6.71. The van der Waals surface area contributed by atoms with Crippen LogP contribution < -0.4 is 10.6 Å². The minimum atomic E-state index is -1.06. The lowest BCUT2D eigenvalue weighted by atomic mass is 9.85. The molecule has 2 rings (SSSR count). The molecule has 10 nitrogen and oxygen atoms in total. The van der Waals surface area contributed by atoms with E-state index in [1.165, 1.54) is 0 Å². The van der Waals surface area contributed by atoms with E-state index in [-0.39, 0.29) is 48.7 Å². The first-order valence-electron chi connectivity index (χ1n) is 19.1. The van der Waals surface area contributed by atoms with Crippen molar-refractivity contribution in [1.82, 2.24) is 10.6 Å². The van der Waals surface area contributed by atoms with Crippen molar-refractivity contribution in [3.63, 3.8) is 0 Å². The highest BCUT2D eigenvalue weighted by Gasteiger charge is 2.44. The summed E-state index contributed by atoms with van der Waals surface area (Å²) < 4.78 is 13.3. The van der Waals surface area contributed by atoms with Crippen LogP contribution in [0.15, 0.2) is 36.0 Å². The zero-order valence-corrected chi connectivity index (χ0v) is 31.9. The molecule has 2 aliphatic heterocycles. The van der Waals surface area contributed by atoms with Crippen molar-refractivity contribution < 1.29 is 39.2 Å². The number of carbonyl (C=O) groups excluding carboxylic acids is 3. The van der Waals surface area contributed by atoms with Crippen LogP contribution in [0.2, 0.25) is 0 Å². The molecule has 0 unspecified atom stereocenters. The fourth-order valence-corrected chi connectivity index (χ4v) is 6.71. The molecule has 0 aliphatic carbocycles. The smallest absolute Gasteiger partial charge is 0.225 e. The lowest BCUT2D eigenvalue weighted by Gasteiger charge is -2.48. The molecule has 286 valence electrons. The molecule has 0 aromatic rings. The number of hydrogen-bond acceptors (Lipinski definition) is 8. The van der Waals surface area contributed by atoms with Gasteiger partial charge in [-0.3, -0.25) is 14.4 Å². The van der Waals surface area contributed by atoms with Crippen LogP contribution in [0.4, 0.5) is 0 Å². The third-order valence-electron chi connectivity index (χ3n) is 10.5. The first-order valence-corrected chi connectivity index (χ1v) is 19.1. The lowest BCUT2D eigenvalue weighted by molar-refractivity contribution is -0.324. The molecule has 0 aromatic carbocycles. The van der Waals surface area contributed by atoms with Crippen molar-refractivity contribution in [2.75, 3.05) is 13.1 Å². The second-order valence-electron chi connectivity index (χ2n) is 15.1. The van der Waals surface area contributed by atoms with Crippen molar-refractivity contribution in [2.24, 2.45) is 23.7 Å². The maximum atomic E-state index is 12.8. The van der Waals surface area contributed by atoms with Crippen molar-refractivity contribution in [2.45, 2.75) is 162 Å². The highest BCUT2D eigenvalue weighted by Crippen LogP contribution is 2.43. The standard InChI is InChI=1S/C40H68N2O8/c1-8-13-33(44)15-10-9-14-28(3)35(45)25-38(47)42-26-36(46)31(6)39(48)41-23-12-17-37-29(4)20-22-40(50-37)21-11-16-34(49-40)19-18-27(2)24-30(5)32(7)43/h8-10,13,24,27-29,31,33-37,44-46H,11-12,14-23,25-26H2,1-7H3,(H,41,48)(H,42,47)/b10-9+,13-8-,30-24+/t27-,28-,29-,31-,33-,34-,35-,36-,37+,40-/m0/s1. The summed E-state index contributed by atoms with van der Waals surface area (Å²) in [6.07, 6.45) is 16.4. The first-order chi connectivity index (χ1) is 23.7. The largest absolute Gasteiger partial charge is 0.392 e. The van der Waals surface area contributed by atoms with Gasteiger partial charge in [0.05, 0.1) is 42.9 Å². The Hall–Kier alpha value is -2.37. The predicted molar refractivity (Wildman–Crippen MR) is 197 cm³/mol. The molecule has 50 heavy (non-hydrogen) atoms. The van der Waals surface area contributed by atoms with E-state index in [1.54, 1.807) is 26.0 Å². The molecule has 10 heteroatoms. The number of amides is 2. The van der Waals surface area contributed by atoms with Gasteiger partial charge in [0, 0.05) is 25.9 Å². The number of aliphatic hydroxyl groups excluding tert-OH is 3. The number of hydrogen-bond donors (Lipinski definition) is 5. The minimum Gasteiger partial charge on any atom is -0.392 e. The number of allylic oxidation sites excluding steroid dienone is 4. The third kappa shape index (κ3) is 15.9. The highest BCUT2D eigenvalue weighted by atomic mass is 16.7.